The maximum Gasteiger partial charge on any atom is 0.271 e. The molecular weight excluding hydrogens is 296 g/mol. The van der Waals surface area contributed by atoms with Crippen molar-refractivity contribution in [2.45, 2.75) is 13.3 Å². The van der Waals surface area contributed by atoms with Crippen molar-refractivity contribution in [3.63, 3.8) is 0 Å². The molecule has 0 fully saturated rings. The fourth-order valence-electron chi connectivity index (χ4n) is 1.62. The van der Waals surface area contributed by atoms with Gasteiger partial charge in [0.15, 0.2) is 0 Å². The molecular formula is C13H15ClN4OS. The van der Waals surface area contributed by atoms with Crippen molar-refractivity contribution in [1.82, 2.24) is 15.3 Å². The molecule has 2 rings (SSSR count). The van der Waals surface area contributed by atoms with Gasteiger partial charge in [0.1, 0.15) is 11.5 Å². The van der Waals surface area contributed by atoms with Gasteiger partial charge in [0.2, 0.25) is 0 Å². The Labute approximate surface area is 126 Å². The van der Waals surface area contributed by atoms with Crippen LogP contribution < -0.4 is 10.6 Å². The van der Waals surface area contributed by atoms with E-state index in [2.05, 4.69) is 20.6 Å². The van der Waals surface area contributed by atoms with Crippen LogP contribution in [0.2, 0.25) is 4.34 Å². The molecule has 0 bridgehead atoms. The summed E-state index contributed by atoms with van der Waals surface area (Å²) in [5.74, 6) is 0.380. The first kappa shape index (κ1) is 14.7. The first-order valence-electron chi connectivity index (χ1n) is 6.27. The number of aromatic nitrogens is 2. The van der Waals surface area contributed by atoms with Gasteiger partial charge in [-0.3, -0.25) is 9.78 Å². The number of nitrogens with zero attached hydrogens (tertiary/aromatic N) is 2. The highest BCUT2D eigenvalue weighted by molar-refractivity contribution is 7.16. The average Bonchev–Trinajstić information content (AvgIpc) is 2.85. The molecule has 0 radical (unpaired) electrons. The maximum atomic E-state index is 11.9. The van der Waals surface area contributed by atoms with Crippen molar-refractivity contribution in [2.24, 2.45) is 0 Å². The molecule has 7 heteroatoms. The summed E-state index contributed by atoms with van der Waals surface area (Å²) in [6, 6.07) is 3.82. The van der Waals surface area contributed by atoms with E-state index < -0.39 is 0 Å². The van der Waals surface area contributed by atoms with Crippen molar-refractivity contribution in [3.8, 4) is 0 Å². The summed E-state index contributed by atoms with van der Waals surface area (Å²) in [5, 5.41) is 5.84. The molecule has 2 heterocycles. The van der Waals surface area contributed by atoms with Gasteiger partial charge in [-0.2, -0.15) is 0 Å². The zero-order chi connectivity index (χ0) is 14.4. The predicted molar refractivity (Wildman–Crippen MR) is 81.6 cm³/mol. The van der Waals surface area contributed by atoms with E-state index >= 15 is 0 Å². The van der Waals surface area contributed by atoms with E-state index in [0.29, 0.717) is 18.1 Å². The van der Waals surface area contributed by atoms with Crippen LogP contribution >= 0.6 is 22.9 Å². The Balaban J connectivity index is 1.86. The van der Waals surface area contributed by atoms with Gasteiger partial charge in [0, 0.05) is 18.0 Å². The second-order valence-electron chi connectivity index (χ2n) is 4.03. The molecule has 0 aliphatic rings. The van der Waals surface area contributed by atoms with Crippen molar-refractivity contribution >= 4 is 34.7 Å². The monoisotopic (exact) mass is 310 g/mol. The first-order valence-corrected chi connectivity index (χ1v) is 7.47. The Morgan fingerprint density at radius 3 is 2.95 bits per heavy atom. The molecule has 106 valence electrons. The van der Waals surface area contributed by atoms with E-state index in [1.807, 2.05) is 19.1 Å². The highest BCUT2D eigenvalue weighted by atomic mass is 35.5. The minimum atomic E-state index is -0.222. The number of halogens is 1. The Morgan fingerprint density at radius 1 is 1.40 bits per heavy atom. The quantitative estimate of drug-likeness (QED) is 0.860. The minimum absolute atomic E-state index is 0.222. The van der Waals surface area contributed by atoms with Gasteiger partial charge < -0.3 is 10.6 Å². The van der Waals surface area contributed by atoms with E-state index in [1.165, 1.54) is 17.5 Å². The number of thiophene rings is 1. The number of anilines is 1. The highest BCUT2D eigenvalue weighted by Crippen LogP contribution is 2.21. The molecule has 0 saturated carbocycles. The number of rotatable bonds is 6. The van der Waals surface area contributed by atoms with Crippen LogP contribution in [-0.2, 0) is 6.42 Å². The number of nitrogens with one attached hydrogen (secondary N) is 2. The third-order valence-corrected chi connectivity index (χ3v) is 3.80. The number of carbonyl (C=O) groups is 1. The van der Waals surface area contributed by atoms with E-state index in [4.69, 9.17) is 11.6 Å². The number of hydrogen-bond donors (Lipinski definition) is 2. The normalized spacial score (nSPS) is 10.3. The Morgan fingerprint density at radius 2 is 2.25 bits per heavy atom. The minimum Gasteiger partial charge on any atom is -0.369 e. The van der Waals surface area contributed by atoms with Gasteiger partial charge in [-0.1, -0.05) is 11.6 Å². The molecule has 2 aromatic rings. The fraction of sp³-hybridized carbons (Fsp3) is 0.308. The predicted octanol–water partition coefficient (Wildman–Crippen LogP) is 2.60. The Hall–Kier alpha value is -1.66. The standard InChI is InChI=1S/C13H15ClN4OS/c1-2-16-12-8-15-7-10(18-12)13(19)17-6-5-9-3-4-11(14)20-9/h3-4,7-8H,2,5-6H2,1H3,(H,16,18)(H,17,19). The van der Waals surface area contributed by atoms with E-state index in [9.17, 15) is 4.79 Å². The van der Waals surface area contributed by atoms with E-state index in [-0.39, 0.29) is 5.91 Å². The fourth-order valence-corrected chi connectivity index (χ4v) is 2.70. The van der Waals surface area contributed by atoms with Gasteiger partial charge >= 0.3 is 0 Å². The molecule has 0 aliphatic carbocycles. The Kier molecular flexibility index (Phi) is 5.31. The lowest BCUT2D eigenvalue weighted by atomic mass is 10.3. The van der Waals surface area contributed by atoms with Gasteiger partial charge in [-0.15, -0.1) is 11.3 Å². The number of amides is 1. The first-order chi connectivity index (χ1) is 9.69. The lowest BCUT2D eigenvalue weighted by molar-refractivity contribution is 0.0949. The molecule has 2 N–H and O–H groups in total. The molecule has 0 atom stereocenters. The van der Waals surface area contributed by atoms with Gasteiger partial charge in [-0.05, 0) is 25.5 Å². The zero-order valence-electron chi connectivity index (χ0n) is 11.0. The maximum absolute atomic E-state index is 11.9. The van der Waals surface area contributed by atoms with Crippen LogP contribution in [0.1, 0.15) is 22.3 Å². The smallest absolute Gasteiger partial charge is 0.271 e. The molecule has 2 aromatic heterocycles. The second kappa shape index (κ2) is 7.21. The highest BCUT2D eigenvalue weighted by Gasteiger charge is 2.08. The summed E-state index contributed by atoms with van der Waals surface area (Å²) in [6.45, 7) is 3.24. The molecule has 0 unspecified atom stereocenters. The lowest BCUT2D eigenvalue weighted by Gasteiger charge is -2.05. The Bertz CT molecular complexity index is 587. The summed E-state index contributed by atoms with van der Waals surface area (Å²) in [6.07, 6.45) is 3.80. The lowest BCUT2D eigenvalue weighted by Crippen LogP contribution is -2.26. The van der Waals surface area contributed by atoms with Crippen LogP contribution in [0.5, 0.6) is 0 Å². The molecule has 5 nitrogen and oxygen atoms in total. The number of carbonyl (C=O) groups excluding carboxylic acids is 1. The second-order valence-corrected chi connectivity index (χ2v) is 5.83. The van der Waals surface area contributed by atoms with E-state index in [1.54, 1.807) is 6.20 Å². The molecule has 20 heavy (non-hydrogen) atoms. The summed E-state index contributed by atoms with van der Waals surface area (Å²) in [5.41, 5.74) is 0.313. The summed E-state index contributed by atoms with van der Waals surface area (Å²) < 4.78 is 0.760. The molecule has 0 saturated heterocycles. The summed E-state index contributed by atoms with van der Waals surface area (Å²) in [7, 11) is 0. The zero-order valence-corrected chi connectivity index (χ0v) is 12.6. The number of hydrogen-bond acceptors (Lipinski definition) is 5. The van der Waals surface area contributed by atoms with E-state index in [0.717, 1.165) is 22.2 Å². The summed E-state index contributed by atoms with van der Waals surface area (Å²) in [4.78, 5) is 21.3. The van der Waals surface area contributed by atoms with Crippen LogP contribution in [-0.4, -0.2) is 29.0 Å². The van der Waals surface area contributed by atoms with Crippen molar-refractivity contribution < 1.29 is 4.79 Å². The molecule has 0 aromatic carbocycles. The third-order valence-electron chi connectivity index (χ3n) is 2.51. The molecule has 0 aliphatic heterocycles. The van der Waals surface area contributed by atoms with Gasteiger partial charge in [0.25, 0.3) is 5.91 Å². The van der Waals surface area contributed by atoms with Crippen LogP contribution in [0.4, 0.5) is 5.82 Å². The van der Waals surface area contributed by atoms with Crippen molar-refractivity contribution in [1.29, 1.82) is 0 Å². The molecule has 0 spiro atoms. The van der Waals surface area contributed by atoms with Crippen molar-refractivity contribution in [2.75, 3.05) is 18.4 Å². The summed E-state index contributed by atoms with van der Waals surface area (Å²) >= 11 is 7.37. The van der Waals surface area contributed by atoms with Crippen LogP contribution in [0.25, 0.3) is 0 Å². The van der Waals surface area contributed by atoms with Crippen LogP contribution in [0.15, 0.2) is 24.5 Å². The largest absolute Gasteiger partial charge is 0.369 e. The van der Waals surface area contributed by atoms with Crippen molar-refractivity contribution in [3.05, 3.63) is 39.4 Å². The topological polar surface area (TPSA) is 66.9 Å². The third kappa shape index (κ3) is 4.18. The average molecular weight is 311 g/mol. The van der Waals surface area contributed by atoms with Crippen LogP contribution in [0.3, 0.4) is 0 Å². The van der Waals surface area contributed by atoms with Gasteiger partial charge in [-0.25, -0.2) is 4.98 Å². The SMILES string of the molecule is CCNc1cncc(C(=O)NCCc2ccc(Cl)s2)n1. The molecule has 1 amide bonds. The van der Waals surface area contributed by atoms with Gasteiger partial charge in [0.05, 0.1) is 16.7 Å². The van der Waals surface area contributed by atoms with Crippen LogP contribution in [0, 0.1) is 0 Å².